The standard InChI is InChI=1S/C12H23N/c1-4-10(2)5-6-11(3)9-13-12-7-8-12/h11-13H,2,4-9H2,1,3H3. The van der Waals surface area contributed by atoms with Crippen molar-refractivity contribution >= 4 is 0 Å². The zero-order valence-corrected chi connectivity index (χ0v) is 9.10. The smallest absolute Gasteiger partial charge is 0.00683 e. The van der Waals surface area contributed by atoms with E-state index in [9.17, 15) is 0 Å². The quantitative estimate of drug-likeness (QED) is 0.595. The lowest BCUT2D eigenvalue weighted by Gasteiger charge is -2.12. The van der Waals surface area contributed by atoms with Crippen molar-refractivity contribution in [1.29, 1.82) is 0 Å². The third-order valence-electron chi connectivity index (χ3n) is 2.82. The Hall–Kier alpha value is -0.300. The summed E-state index contributed by atoms with van der Waals surface area (Å²) in [4.78, 5) is 0. The van der Waals surface area contributed by atoms with Crippen LogP contribution in [0.4, 0.5) is 0 Å². The van der Waals surface area contributed by atoms with Crippen molar-refractivity contribution in [3.63, 3.8) is 0 Å². The minimum Gasteiger partial charge on any atom is -0.314 e. The van der Waals surface area contributed by atoms with E-state index in [4.69, 9.17) is 0 Å². The zero-order chi connectivity index (χ0) is 9.68. The van der Waals surface area contributed by atoms with Crippen LogP contribution < -0.4 is 5.32 Å². The number of nitrogens with one attached hydrogen (secondary N) is 1. The Morgan fingerprint density at radius 1 is 1.54 bits per heavy atom. The van der Waals surface area contributed by atoms with Gasteiger partial charge in [0.05, 0.1) is 0 Å². The van der Waals surface area contributed by atoms with Gasteiger partial charge in [-0.2, -0.15) is 0 Å². The Labute approximate surface area is 82.6 Å². The lowest BCUT2D eigenvalue weighted by atomic mass is 10.0. The second-order valence-electron chi connectivity index (χ2n) is 4.43. The minimum absolute atomic E-state index is 0.809. The van der Waals surface area contributed by atoms with E-state index in [1.807, 2.05) is 0 Å². The molecule has 0 aromatic rings. The van der Waals surface area contributed by atoms with Gasteiger partial charge in [-0.25, -0.2) is 0 Å². The van der Waals surface area contributed by atoms with Crippen molar-refractivity contribution in [3.05, 3.63) is 12.2 Å². The highest BCUT2D eigenvalue weighted by Gasteiger charge is 2.20. The molecule has 76 valence electrons. The molecule has 0 bridgehead atoms. The largest absolute Gasteiger partial charge is 0.314 e. The fourth-order valence-electron chi connectivity index (χ4n) is 1.38. The molecule has 1 aliphatic rings. The maximum Gasteiger partial charge on any atom is 0.00683 e. The summed E-state index contributed by atoms with van der Waals surface area (Å²) in [6, 6.07) is 0.858. The van der Waals surface area contributed by atoms with Gasteiger partial charge < -0.3 is 5.32 Å². The van der Waals surface area contributed by atoms with E-state index in [0.29, 0.717) is 0 Å². The molecule has 1 saturated carbocycles. The molecule has 1 unspecified atom stereocenters. The average molecular weight is 181 g/mol. The first-order chi connectivity index (χ1) is 6.22. The first kappa shape index (κ1) is 10.8. The molecule has 1 N–H and O–H groups in total. The van der Waals surface area contributed by atoms with Gasteiger partial charge in [-0.05, 0) is 44.6 Å². The van der Waals surface area contributed by atoms with Gasteiger partial charge in [0.25, 0.3) is 0 Å². The van der Waals surface area contributed by atoms with E-state index in [1.165, 1.54) is 37.8 Å². The molecule has 0 amide bonds. The summed E-state index contributed by atoms with van der Waals surface area (Å²) in [5.74, 6) is 0.809. The molecule has 1 heteroatoms. The Balaban J connectivity index is 1.95. The van der Waals surface area contributed by atoms with Crippen molar-refractivity contribution in [1.82, 2.24) is 5.32 Å². The van der Waals surface area contributed by atoms with Gasteiger partial charge in [-0.3, -0.25) is 0 Å². The van der Waals surface area contributed by atoms with E-state index in [-0.39, 0.29) is 0 Å². The molecule has 0 saturated heterocycles. The second kappa shape index (κ2) is 5.43. The van der Waals surface area contributed by atoms with Crippen LogP contribution in [0.15, 0.2) is 12.2 Å². The second-order valence-corrected chi connectivity index (χ2v) is 4.43. The molecule has 0 radical (unpaired) electrons. The Bertz CT molecular complexity index is 159. The summed E-state index contributed by atoms with van der Waals surface area (Å²) in [5.41, 5.74) is 1.40. The van der Waals surface area contributed by atoms with Gasteiger partial charge in [0, 0.05) is 6.04 Å². The Kier molecular flexibility index (Phi) is 4.51. The van der Waals surface area contributed by atoms with E-state index >= 15 is 0 Å². The monoisotopic (exact) mass is 181 g/mol. The third kappa shape index (κ3) is 5.09. The van der Waals surface area contributed by atoms with Crippen LogP contribution in [0.3, 0.4) is 0 Å². The molecule has 0 aliphatic heterocycles. The highest BCUT2D eigenvalue weighted by atomic mass is 14.9. The van der Waals surface area contributed by atoms with Crippen LogP contribution in [-0.4, -0.2) is 12.6 Å². The van der Waals surface area contributed by atoms with E-state index in [0.717, 1.165) is 18.4 Å². The highest BCUT2D eigenvalue weighted by Crippen LogP contribution is 2.19. The zero-order valence-electron chi connectivity index (χ0n) is 9.10. The van der Waals surface area contributed by atoms with Crippen LogP contribution >= 0.6 is 0 Å². The maximum atomic E-state index is 4.03. The fourth-order valence-corrected chi connectivity index (χ4v) is 1.38. The topological polar surface area (TPSA) is 12.0 Å². The number of rotatable bonds is 7. The maximum absolute atomic E-state index is 4.03. The van der Waals surface area contributed by atoms with Gasteiger partial charge in [0.15, 0.2) is 0 Å². The van der Waals surface area contributed by atoms with Crippen molar-refractivity contribution < 1.29 is 0 Å². The molecule has 1 atom stereocenters. The molecule has 0 aromatic heterocycles. The van der Waals surface area contributed by atoms with Gasteiger partial charge >= 0.3 is 0 Å². The van der Waals surface area contributed by atoms with E-state index < -0.39 is 0 Å². The van der Waals surface area contributed by atoms with Crippen molar-refractivity contribution in [2.45, 2.75) is 52.0 Å². The van der Waals surface area contributed by atoms with Crippen LogP contribution in [0.1, 0.15) is 46.0 Å². The molecular formula is C12H23N. The third-order valence-corrected chi connectivity index (χ3v) is 2.82. The number of hydrogen-bond donors (Lipinski definition) is 1. The normalized spacial score (nSPS) is 18.6. The Morgan fingerprint density at radius 3 is 2.77 bits per heavy atom. The number of hydrogen-bond acceptors (Lipinski definition) is 1. The van der Waals surface area contributed by atoms with Gasteiger partial charge in [0.2, 0.25) is 0 Å². The van der Waals surface area contributed by atoms with Crippen LogP contribution in [0.2, 0.25) is 0 Å². The number of allylic oxidation sites excluding steroid dienone is 1. The SMILES string of the molecule is C=C(CC)CCC(C)CNC1CC1. The summed E-state index contributed by atoms with van der Waals surface area (Å²) in [6.45, 7) is 9.75. The molecule has 0 spiro atoms. The lowest BCUT2D eigenvalue weighted by molar-refractivity contribution is 0.477. The van der Waals surface area contributed by atoms with Gasteiger partial charge in [-0.15, -0.1) is 0 Å². The minimum atomic E-state index is 0.809. The summed E-state index contributed by atoms with van der Waals surface area (Å²) in [7, 11) is 0. The van der Waals surface area contributed by atoms with Crippen molar-refractivity contribution in [3.8, 4) is 0 Å². The van der Waals surface area contributed by atoms with Crippen LogP contribution in [-0.2, 0) is 0 Å². The van der Waals surface area contributed by atoms with E-state index in [2.05, 4.69) is 25.7 Å². The predicted molar refractivity (Wildman–Crippen MR) is 58.9 cm³/mol. The van der Waals surface area contributed by atoms with Crippen molar-refractivity contribution in [2.24, 2.45) is 5.92 Å². The highest BCUT2D eigenvalue weighted by molar-refractivity contribution is 4.92. The van der Waals surface area contributed by atoms with E-state index in [1.54, 1.807) is 0 Å². The van der Waals surface area contributed by atoms with Crippen LogP contribution in [0, 0.1) is 5.92 Å². The summed E-state index contributed by atoms with van der Waals surface area (Å²) < 4.78 is 0. The molecule has 1 rings (SSSR count). The summed E-state index contributed by atoms with van der Waals surface area (Å²) in [5, 5.41) is 3.57. The first-order valence-corrected chi connectivity index (χ1v) is 5.62. The van der Waals surface area contributed by atoms with Crippen LogP contribution in [0.25, 0.3) is 0 Å². The molecule has 13 heavy (non-hydrogen) atoms. The molecule has 0 heterocycles. The summed E-state index contributed by atoms with van der Waals surface area (Å²) in [6.07, 6.45) is 6.45. The lowest BCUT2D eigenvalue weighted by Crippen LogP contribution is -2.23. The van der Waals surface area contributed by atoms with Gasteiger partial charge in [0.1, 0.15) is 0 Å². The molecule has 1 fully saturated rings. The van der Waals surface area contributed by atoms with Crippen LogP contribution in [0.5, 0.6) is 0 Å². The van der Waals surface area contributed by atoms with Gasteiger partial charge in [-0.1, -0.05) is 26.0 Å². The van der Waals surface area contributed by atoms with Crippen molar-refractivity contribution in [2.75, 3.05) is 6.54 Å². The average Bonchev–Trinajstić information content (AvgIpc) is 2.94. The molecule has 0 aromatic carbocycles. The predicted octanol–water partition coefficient (Wildman–Crippen LogP) is 3.12. The molecular weight excluding hydrogens is 158 g/mol. The molecule has 1 nitrogen and oxygen atoms in total. The molecule has 1 aliphatic carbocycles. The fraction of sp³-hybridized carbons (Fsp3) is 0.833. The Morgan fingerprint density at radius 2 is 2.23 bits per heavy atom. The summed E-state index contributed by atoms with van der Waals surface area (Å²) >= 11 is 0. The first-order valence-electron chi connectivity index (χ1n) is 5.62.